The summed E-state index contributed by atoms with van der Waals surface area (Å²) in [5.74, 6) is 0.591. The lowest BCUT2D eigenvalue weighted by Crippen LogP contribution is -2.16. The molecule has 1 saturated carbocycles. The fourth-order valence-electron chi connectivity index (χ4n) is 3.01. The van der Waals surface area contributed by atoms with Crippen molar-refractivity contribution in [3.63, 3.8) is 0 Å². The molecule has 1 aromatic rings. The van der Waals surface area contributed by atoms with E-state index in [2.05, 4.69) is 10.7 Å². The molecule has 3 fully saturated rings. The first-order valence-corrected chi connectivity index (χ1v) is 7.59. The quantitative estimate of drug-likeness (QED) is 0.891. The molecule has 2 aliphatic heterocycles. The fraction of sp³-hybridized carbons (Fsp3) is 0.769. The Morgan fingerprint density at radius 3 is 3.00 bits per heavy atom. The Labute approximate surface area is 106 Å². The third kappa shape index (κ3) is 2.02. The lowest BCUT2D eigenvalue weighted by atomic mass is 9.90. The lowest BCUT2D eigenvalue weighted by molar-refractivity contribution is 0.100. The third-order valence-electron chi connectivity index (χ3n) is 4.14. The zero-order chi connectivity index (χ0) is 11.2. The highest BCUT2D eigenvalue weighted by Crippen LogP contribution is 2.45. The van der Waals surface area contributed by atoms with Crippen LogP contribution in [0.25, 0.3) is 0 Å². The van der Waals surface area contributed by atoms with Crippen molar-refractivity contribution in [2.75, 3.05) is 0 Å². The summed E-state index contributed by atoms with van der Waals surface area (Å²) in [6.07, 6.45) is 7.40. The van der Waals surface area contributed by atoms with E-state index in [0.29, 0.717) is 18.1 Å². The van der Waals surface area contributed by atoms with E-state index in [1.54, 1.807) is 0 Å². The summed E-state index contributed by atoms with van der Waals surface area (Å²) in [6, 6.07) is 0.769. The van der Waals surface area contributed by atoms with Gasteiger partial charge in [-0.15, -0.1) is 11.3 Å². The van der Waals surface area contributed by atoms with Crippen molar-refractivity contribution in [3.05, 3.63) is 16.1 Å². The summed E-state index contributed by atoms with van der Waals surface area (Å²) < 4.78 is 5.91. The molecule has 4 heteroatoms. The van der Waals surface area contributed by atoms with Gasteiger partial charge in [-0.05, 0) is 32.1 Å². The van der Waals surface area contributed by atoms with Gasteiger partial charge in [0.15, 0.2) is 0 Å². The van der Waals surface area contributed by atoms with Gasteiger partial charge in [-0.3, -0.25) is 0 Å². The molecule has 1 N–H and O–H groups in total. The maximum absolute atomic E-state index is 5.91. The molecule has 0 spiro atoms. The van der Waals surface area contributed by atoms with Crippen LogP contribution in [0.1, 0.15) is 48.7 Å². The minimum absolute atomic E-state index is 0.468. The second-order valence-corrected chi connectivity index (χ2v) is 6.44. The number of nitrogens with one attached hydrogen (secondary N) is 1. The van der Waals surface area contributed by atoms with E-state index in [1.807, 2.05) is 11.3 Å². The first-order valence-electron chi connectivity index (χ1n) is 6.71. The van der Waals surface area contributed by atoms with Crippen molar-refractivity contribution >= 4 is 11.3 Å². The topological polar surface area (TPSA) is 34.1 Å². The Hall–Kier alpha value is -0.450. The van der Waals surface area contributed by atoms with Crippen LogP contribution in [0.5, 0.6) is 0 Å². The van der Waals surface area contributed by atoms with Gasteiger partial charge in [0.2, 0.25) is 0 Å². The summed E-state index contributed by atoms with van der Waals surface area (Å²) in [6.45, 7) is 0.947. The van der Waals surface area contributed by atoms with Gasteiger partial charge in [-0.1, -0.05) is 0 Å². The van der Waals surface area contributed by atoms with Crippen LogP contribution in [0, 0.1) is 0 Å². The van der Waals surface area contributed by atoms with Crippen molar-refractivity contribution in [2.45, 2.75) is 62.8 Å². The number of aromatic nitrogens is 1. The molecular formula is C13H18N2OS. The van der Waals surface area contributed by atoms with Crippen molar-refractivity contribution in [3.8, 4) is 0 Å². The van der Waals surface area contributed by atoms with Gasteiger partial charge >= 0.3 is 0 Å². The van der Waals surface area contributed by atoms with Gasteiger partial charge in [0, 0.05) is 23.9 Å². The highest BCUT2D eigenvalue weighted by Gasteiger charge is 2.42. The molecule has 3 unspecified atom stereocenters. The minimum Gasteiger partial charge on any atom is -0.374 e. The number of hydrogen-bond acceptors (Lipinski definition) is 4. The van der Waals surface area contributed by atoms with Crippen molar-refractivity contribution in [2.24, 2.45) is 0 Å². The predicted octanol–water partition coefficient (Wildman–Crippen LogP) is 2.43. The second kappa shape index (κ2) is 4.04. The summed E-state index contributed by atoms with van der Waals surface area (Å²) in [5, 5.41) is 7.05. The third-order valence-corrected chi connectivity index (χ3v) is 5.17. The monoisotopic (exact) mass is 250 g/mol. The van der Waals surface area contributed by atoms with Gasteiger partial charge < -0.3 is 10.1 Å². The van der Waals surface area contributed by atoms with Crippen LogP contribution < -0.4 is 5.32 Å². The van der Waals surface area contributed by atoms with E-state index < -0.39 is 0 Å². The lowest BCUT2D eigenvalue weighted by Gasteiger charge is -2.15. The Balaban J connectivity index is 1.43. The van der Waals surface area contributed by atoms with Crippen molar-refractivity contribution < 1.29 is 4.74 Å². The molecule has 2 bridgehead atoms. The molecule has 1 aromatic heterocycles. The average molecular weight is 250 g/mol. The van der Waals surface area contributed by atoms with E-state index in [1.165, 1.54) is 42.8 Å². The summed E-state index contributed by atoms with van der Waals surface area (Å²) in [5.41, 5.74) is 1.22. The average Bonchev–Trinajstić information content (AvgIpc) is 2.82. The van der Waals surface area contributed by atoms with E-state index in [9.17, 15) is 0 Å². The zero-order valence-electron chi connectivity index (χ0n) is 9.89. The number of thiazole rings is 1. The standard InChI is InChI=1S/C13H18N2OS/c1-2-8(1)14-6-9-7-17-13(15-9)11-5-10-3-4-12(11)16-10/h7-8,10-12,14H,1-6H2. The molecular weight excluding hydrogens is 232 g/mol. The van der Waals surface area contributed by atoms with E-state index >= 15 is 0 Å². The van der Waals surface area contributed by atoms with Gasteiger partial charge in [0.25, 0.3) is 0 Å². The maximum Gasteiger partial charge on any atom is 0.0986 e. The van der Waals surface area contributed by atoms with Gasteiger partial charge in [0.1, 0.15) is 0 Å². The Morgan fingerprint density at radius 1 is 1.35 bits per heavy atom. The van der Waals surface area contributed by atoms with Crippen LogP contribution in [0.2, 0.25) is 0 Å². The van der Waals surface area contributed by atoms with Crippen LogP contribution >= 0.6 is 11.3 Å². The zero-order valence-corrected chi connectivity index (χ0v) is 10.7. The molecule has 3 heterocycles. The molecule has 1 aliphatic carbocycles. The molecule has 2 saturated heterocycles. The van der Waals surface area contributed by atoms with E-state index in [0.717, 1.165) is 12.6 Å². The molecule has 92 valence electrons. The summed E-state index contributed by atoms with van der Waals surface area (Å²) in [7, 11) is 0. The van der Waals surface area contributed by atoms with Crippen LogP contribution in [-0.2, 0) is 11.3 Å². The smallest absolute Gasteiger partial charge is 0.0986 e. The normalized spacial score (nSPS) is 35.6. The highest BCUT2D eigenvalue weighted by molar-refractivity contribution is 7.09. The highest BCUT2D eigenvalue weighted by atomic mass is 32.1. The number of rotatable bonds is 4. The van der Waals surface area contributed by atoms with E-state index in [-0.39, 0.29) is 0 Å². The Kier molecular flexibility index (Phi) is 2.49. The molecule has 4 rings (SSSR count). The van der Waals surface area contributed by atoms with Crippen molar-refractivity contribution in [1.82, 2.24) is 10.3 Å². The minimum atomic E-state index is 0.468. The largest absolute Gasteiger partial charge is 0.374 e. The van der Waals surface area contributed by atoms with Gasteiger partial charge in [-0.25, -0.2) is 4.98 Å². The van der Waals surface area contributed by atoms with Crippen LogP contribution in [-0.4, -0.2) is 23.2 Å². The molecule has 0 amide bonds. The maximum atomic E-state index is 5.91. The Morgan fingerprint density at radius 2 is 2.29 bits per heavy atom. The van der Waals surface area contributed by atoms with Crippen molar-refractivity contribution in [1.29, 1.82) is 0 Å². The number of nitrogens with zero attached hydrogens (tertiary/aromatic N) is 1. The van der Waals surface area contributed by atoms with Crippen LogP contribution in [0.15, 0.2) is 5.38 Å². The number of hydrogen-bond donors (Lipinski definition) is 1. The molecule has 0 radical (unpaired) electrons. The van der Waals surface area contributed by atoms with Gasteiger partial charge in [-0.2, -0.15) is 0 Å². The first-order chi connectivity index (χ1) is 8.38. The molecule has 0 aromatic carbocycles. The van der Waals surface area contributed by atoms with Crippen LogP contribution in [0.4, 0.5) is 0 Å². The molecule has 3 atom stereocenters. The van der Waals surface area contributed by atoms with E-state index in [4.69, 9.17) is 9.72 Å². The number of fused-ring (bicyclic) bond motifs is 2. The fourth-order valence-corrected chi connectivity index (χ4v) is 3.99. The second-order valence-electron chi connectivity index (χ2n) is 5.55. The molecule has 3 aliphatic rings. The summed E-state index contributed by atoms with van der Waals surface area (Å²) in [4.78, 5) is 4.79. The SMILES string of the molecule is c1sc(C2CC3CCC2O3)nc1CNC1CC1. The van der Waals surface area contributed by atoms with Gasteiger partial charge in [0.05, 0.1) is 22.9 Å². The summed E-state index contributed by atoms with van der Waals surface area (Å²) >= 11 is 1.83. The van der Waals surface area contributed by atoms with Crippen LogP contribution in [0.3, 0.4) is 0 Å². The first kappa shape index (κ1) is 10.5. The predicted molar refractivity (Wildman–Crippen MR) is 67.2 cm³/mol. The number of ether oxygens (including phenoxy) is 1. The Bertz CT molecular complexity index is 415. The molecule has 3 nitrogen and oxygen atoms in total. The molecule has 17 heavy (non-hydrogen) atoms.